The Balaban J connectivity index is 2.52. The van der Waals surface area contributed by atoms with Gasteiger partial charge >= 0.3 is 0 Å². The first kappa shape index (κ1) is 9.77. The average Bonchev–Trinajstić information content (AvgIpc) is 2.11. The topological polar surface area (TPSA) is 29.1 Å². The minimum Gasteiger partial charge on any atom is -0.356 e. The summed E-state index contributed by atoms with van der Waals surface area (Å²) in [6, 6.07) is 0. The van der Waals surface area contributed by atoms with Crippen LogP contribution in [0.5, 0.6) is 0 Å². The molecule has 0 aromatic rings. The van der Waals surface area contributed by atoms with Crippen LogP contribution in [0.25, 0.3) is 0 Å². The van der Waals surface area contributed by atoms with Crippen LogP contribution in [0.2, 0.25) is 25.2 Å². The first-order chi connectivity index (χ1) is 5.50. The molecule has 0 radical (unpaired) electrons. The highest BCUT2D eigenvalue weighted by molar-refractivity contribution is 6.77. The molecule has 0 aliphatic carbocycles. The molecule has 2 nitrogen and oxygen atoms in total. The van der Waals surface area contributed by atoms with Gasteiger partial charge in [0.2, 0.25) is 5.91 Å². The summed E-state index contributed by atoms with van der Waals surface area (Å²) in [4.78, 5) is 11.1. The molecule has 1 atom stereocenters. The molecule has 0 spiro atoms. The van der Waals surface area contributed by atoms with Gasteiger partial charge in [-0.25, -0.2) is 0 Å². The van der Waals surface area contributed by atoms with E-state index in [0.29, 0.717) is 0 Å². The van der Waals surface area contributed by atoms with Gasteiger partial charge in [0, 0.05) is 21.0 Å². The highest BCUT2D eigenvalue weighted by Gasteiger charge is 2.28. The molecule has 70 valence electrons. The lowest BCUT2D eigenvalue weighted by Gasteiger charge is -2.27. The highest BCUT2D eigenvalue weighted by Crippen LogP contribution is 2.28. The maximum atomic E-state index is 11.1. The number of hydrogen-bond donors (Lipinski definition) is 1. The summed E-state index contributed by atoms with van der Waals surface area (Å²) in [7, 11) is -1.03. The first-order valence-electron chi connectivity index (χ1n) is 4.77. The van der Waals surface area contributed by atoms with Gasteiger partial charge in [0.05, 0.1) is 0 Å². The summed E-state index contributed by atoms with van der Waals surface area (Å²) >= 11 is 0. The maximum Gasteiger partial charge on any atom is 0.219 e. The number of carbonyl (C=O) groups excluding carboxylic acids is 1. The molecule has 1 fully saturated rings. The maximum absolute atomic E-state index is 11.1. The van der Waals surface area contributed by atoms with E-state index in [0.717, 1.165) is 24.9 Å². The van der Waals surface area contributed by atoms with Crippen LogP contribution in [0.3, 0.4) is 0 Å². The first-order valence-corrected chi connectivity index (χ1v) is 8.34. The zero-order valence-corrected chi connectivity index (χ0v) is 9.31. The molecule has 1 N–H and O–H groups in total. The lowest BCUT2D eigenvalue weighted by atomic mass is 10.2. The van der Waals surface area contributed by atoms with Gasteiger partial charge in [-0.1, -0.05) is 26.1 Å². The normalized spacial score (nSPS) is 26.2. The van der Waals surface area contributed by atoms with E-state index >= 15 is 0 Å². The Morgan fingerprint density at radius 3 is 2.67 bits per heavy atom. The summed E-state index contributed by atoms with van der Waals surface area (Å²) in [6.07, 6.45) is 3.07. The Labute approximate surface area is 75.7 Å². The van der Waals surface area contributed by atoms with E-state index < -0.39 is 8.07 Å². The molecule has 1 aliphatic heterocycles. The summed E-state index contributed by atoms with van der Waals surface area (Å²) in [5, 5.41) is 3.00. The molecular weight excluding hydrogens is 166 g/mol. The van der Waals surface area contributed by atoms with E-state index in [1.54, 1.807) is 0 Å². The zero-order chi connectivity index (χ0) is 9.19. The molecule has 1 unspecified atom stereocenters. The van der Waals surface area contributed by atoms with Crippen LogP contribution >= 0.6 is 0 Å². The van der Waals surface area contributed by atoms with Crippen molar-refractivity contribution in [2.24, 2.45) is 0 Å². The van der Waals surface area contributed by atoms with Crippen molar-refractivity contribution in [2.75, 3.05) is 6.54 Å². The molecule has 0 aromatic carbocycles. The van der Waals surface area contributed by atoms with Gasteiger partial charge in [-0.2, -0.15) is 0 Å². The summed E-state index contributed by atoms with van der Waals surface area (Å²) in [6.45, 7) is 8.08. The van der Waals surface area contributed by atoms with Gasteiger partial charge < -0.3 is 5.32 Å². The Morgan fingerprint density at radius 2 is 2.08 bits per heavy atom. The standard InChI is InChI=1S/C9H19NOSi/c1-12(2,3)8-5-4-6-9(11)10-7-8/h8H,4-7H2,1-3H3,(H,10,11). The quantitative estimate of drug-likeness (QED) is 0.622. The number of hydrogen-bond acceptors (Lipinski definition) is 1. The molecule has 12 heavy (non-hydrogen) atoms. The highest BCUT2D eigenvalue weighted by atomic mass is 28.3. The average molecular weight is 185 g/mol. The third kappa shape index (κ3) is 2.63. The van der Waals surface area contributed by atoms with Gasteiger partial charge in [-0.3, -0.25) is 4.79 Å². The lowest BCUT2D eigenvalue weighted by Crippen LogP contribution is -2.35. The molecule has 1 rings (SSSR count). The second-order valence-corrected chi connectivity index (χ2v) is 10.3. The molecule has 0 aromatic heterocycles. The van der Waals surface area contributed by atoms with E-state index in [-0.39, 0.29) is 5.91 Å². The van der Waals surface area contributed by atoms with Gasteiger partial charge in [-0.05, 0) is 12.0 Å². The number of amides is 1. The third-order valence-electron chi connectivity index (χ3n) is 2.73. The number of rotatable bonds is 1. The smallest absolute Gasteiger partial charge is 0.219 e. The molecule has 0 bridgehead atoms. The van der Waals surface area contributed by atoms with E-state index in [2.05, 4.69) is 25.0 Å². The number of carbonyl (C=O) groups is 1. The van der Waals surface area contributed by atoms with Crippen molar-refractivity contribution in [1.29, 1.82) is 0 Å². The van der Waals surface area contributed by atoms with Crippen molar-refractivity contribution in [3.8, 4) is 0 Å². The van der Waals surface area contributed by atoms with Crippen molar-refractivity contribution < 1.29 is 4.79 Å². The van der Waals surface area contributed by atoms with E-state index in [4.69, 9.17) is 0 Å². The van der Waals surface area contributed by atoms with Crippen molar-refractivity contribution in [1.82, 2.24) is 5.32 Å². The van der Waals surface area contributed by atoms with Gasteiger partial charge in [-0.15, -0.1) is 0 Å². The second kappa shape index (κ2) is 3.60. The number of nitrogens with one attached hydrogen (secondary N) is 1. The van der Waals surface area contributed by atoms with Crippen LogP contribution in [-0.4, -0.2) is 20.5 Å². The van der Waals surface area contributed by atoms with Crippen LogP contribution in [0.1, 0.15) is 19.3 Å². The van der Waals surface area contributed by atoms with Gasteiger partial charge in [0.1, 0.15) is 0 Å². The van der Waals surface area contributed by atoms with Crippen molar-refractivity contribution in [2.45, 2.75) is 44.4 Å². The predicted octanol–water partition coefficient (Wildman–Crippen LogP) is 1.99. The van der Waals surface area contributed by atoms with Crippen LogP contribution in [0.15, 0.2) is 0 Å². The fourth-order valence-corrected chi connectivity index (χ4v) is 3.46. The van der Waals surface area contributed by atoms with Crippen LogP contribution in [0.4, 0.5) is 0 Å². The second-order valence-electron chi connectivity index (χ2n) is 4.76. The molecular formula is C9H19NOSi. The molecule has 1 heterocycles. The Bertz CT molecular complexity index is 174. The van der Waals surface area contributed by atoms with Gasteiger partial charge in [0.15, 0.2) is 0 Å². The van der Waals surface area contributed by atoms with E-state index in [9.17, 15) is 4.79 Å². The monoisotopic (exact) mass is 185 g/mol. The third-order valence-corrected chi connectivity index (χ3v) is 5.67. The van der Waals surface area contributed by atoms with E-state index in [1.165, 1.54) is 6.42 Å². The van der Waals surface area contributed by atoms with Crippen molar-refractivity contribution in [3.05, 3.63) is 0 Å². The fourth-order valence-electron chi connectivity index (χ4n) is 1.68. The SMILES string of the molecule is C[Si](C)(C)C1CCCC(=O)NC1. The van der Waals surface area contributed by atoms with Crippen molar-refractivity contribution in [3.63, 3.8) is 0 Å². The predicted molar refractivity (Wildman–Crippen MR) is 54.0 cm³/mol. The molecule has 1 saturated heterocycles. The minimum atomic E-state index is -1.03. The lowest BCUT2D eigenvalue weighted by molar-refractivity contribution is -0.120. The summed E-state index contributed by atoms with van der Waals surface area (Å²) < 4.78 is 0. The van der Waals surface area contributed by atoms with Crippen LogP contribution in [-0.2, 0) is 4.79 Å². The molecule has 1 amide bonds. The minimum absolute atomic E-state index is 0.246. The summed E-state index contributed by atoms with van der Waals surface area (Å²) in [5.74, 6) is 0.246. The Hall–Kier alpha value is -0.313. The Morgan fingerprint density at radius 1 is 1.42 bits per heavy atom. The largest absolute Gasteiger partial charge is 0.356 e. The van der Waals surface area contributed by atoms with E-state index in [1.807, 2.05) is 0 Å². The zero-order valence-electron chi connectivity index (χ0n) is 8.31. The van der Waals surface area contributed by atoms with Gasteiger partial charge in [0.25, 0.3) is 0 Å². The van der Waals surface area contributed by atoms with Crippen LogP contribution in [0, 0.1) is 0 Å². The van der Waals surface area contributed by atoms with Crippen molar-refractivity contribution >= 4 is 14.0 Å². The molecule has 1 aliphatic rings. The molecule has 3 heteroatoms. The molecule has 0 saturated carbocycles. The fraction of sp³-hybridized carbons (Fsp3) is 0.889. The Kier molecular flexibility index (Phi) is 2.93. The summed E-state index contributed by atoms with van der Waals surface area (Å²) in [5.41, 5.74) is 0.781. The van der Waals surface area contributed by atoms with Crippen LogP contribution < -0.4 is 5.32 Å².